The van der Waals surface area contributed by atoms with Crippen LogP contribution in [0.25, 0.3) is 6.08 Å². The van der Waals surface area contributed by atoms with Crippen LogP contribution < -0.4 is 24.3 Å². The standard InChI is InChI=1S/C21H25NO8S/c1-27-15-10-19(29-3)16(20(11-15)30-4)7-8-31(25,26)13-14-5-6-18(28-2)17(9-14)22-21(24)12-23/h5-11,23H,12-13H2,1-4H3,(H,22,24). The summed E-state index contributed by atoms with van der Waals surface area (Å²) in [6.45, 7) is -0.708. The number of carbonyl (C=O) groups is 1. The van der Waals surface area contributed by atoms with Gasteiger partial charge < -0.3 is 29.4 Å². The van der Waals surface area contributed by atoms with Gasteiger partial charge in [-0.3, -0.25) is 4.79 Å². The maximum absolute atomic E-state index is 12.7. The number of aliphatic hydroxyl groups excluding tert-OH is 1. The predicted molar refractivity (Wildman–Crippen MR) is 116 cm³/mol. The summed E-state index contributed by atoms with van der Waals surface area (Å²) in [6, 6.07) is 7.83. The summed E-state index contributed by atoms with van der Waals surface area (Å²) >= 11 is 0. The fourth-order valence-electron chi connectivity index (χ4n) is 2.78. The zero-order valence-corrected chi connectivity index (χ0v) is 18.5. The van der Waals surface area contributed by atoms with E-state index < -0.39 is 22.4 Å². The Labute approximate surface area is 181 Å². The number of sulfone groups is 1. The van der Waals surface area contributed by atoms with Gasteiger partial charge in [-0.15, -0.1) is 0 Å². The molecule has 0 fully saturated rings. The molecule has 0 aliphatic rings. The van der Waals surface area contributed by atoms with Crippen LogP contribution in [0.5, 0.6) is 23.0 Å². The summed E-state index contributed by atoms with van der Waals surface area (Å²) in [5, 5.41) is 12.5. The Balaban J connectivity index is 2.33. The van der Waals surface area contributed by atoms with Crippen LogP contribution in [-0.4, -0.2) is 54.5 Å². The molecule has 0 unspecified atom stereocenters. The van der Waals surface area contributed by atoms with E-state index in [1.807, 2.05) is 0 Å². The third-order valence-electron chi connectivity index (χ3n) is 4.24. The summed E-state index contributed by atoms with van der Waals surface area (Å²) in [6.07, 6.45) is 1.39. The van der Waals surface area contributed by atoms with Gasteiger partial charge in [0, 0.05) is 17.5 Å². The smallest absolute Gasteiger partial charge is 0.250 e. The first-order chi connectivity index (χ1) is 14.8. The normalized spacial score (nSPS) is 11.3. The number of methoxy groups -OCH3 is 4. The molecule has 0 aliphatic heterocycles. The van der Waals surface area contributed by atoms with Crippen LogP contribution in [0.3, 0.4) is 0 Å². The zero-order chi connectivity index (χ0) is 23.0. The molecular weight excluding hydrogens is 426 g/mol. The Bertz CT molecular complexity index is 1040. The SMILES string of the molecule is COc1cc(OC)c(C=CS(=O)(=O)Cc2ccc(OC)c(NC(=O)CO)c2)c(OC)c1. The number of anilines is 1. The van der Waals surface area contributed by atoms with E-state index in [0.29, 0.717) is 34.1 Å². The molecule has 0 saturated carbocycles. The maximum Gasteiger partial charge on any atom is 0.250 e. The second-order valence-electron chi connectivity index (χ2n) is 6.30. The fraction of sp³-hybridized carbons (Fsp3) is 0.286. The van der Waals surface area contributed by atoms with Crippen molar-refractivity contribution in [3.05, 3.63) is 46.9 Å². The zero-order valence-electron chi connectivity index (χ0n) is 17.7. The largest absolute Gasteiger partial charge is 0.496 e. The van der Waals surface area contributed by atoms with Crippen LogP contribution in [0.15, 0.2) is 35.7 Å². The summed E-state index contributed by atoms with van der Waals surface area (Å²) in [7, 11) is 2.14. The molecule has 2 N–H and O–H groups in total. The van der Waals surface area contributed by atoms with Crippen LogP contribution in [0.2, 0.25) is 0 Å². The van der Waals surface area contributed by atoms with Gasteiger partial charge in [0.2, 0.25) is 5.91 Å². The van der Waals surface area contributed by atoms with Gasteiger partial charge in [-0.1, -0.05) is 6.07 Å². The average molecular weight is 451 g/mol. The molecule has 2 aromatic rings. The van der Waals surface area contributed by atoms with Gasteiger partial charge in [-0.25, -0.2) is 8.42 Å². The Morgan fingerprint density at radius 2 is 1.58 bits per heavy atom. The van der Waals surface area contributed by atoms with Crippen molar-refractivity contribution in [2.24, 2.45) is 0 Å². The van der Waals surface area contributed by atoms with E-state index in [1.165, 1.54) is 46.6 Å². The van der Waals surface area contributed by atoms with Crippen LogP contribution in [-0.2, 0) is 20.4 Å². The summed E-state index contributed by atoms with van der Waals surface area (Å²) in [5.74, 6) is 0.658. The Hall–Kier alpha value is -3.24. The van der Waals surface area contributed by atoms with E-state index in [4.69, 9.17) is 24.1 Å². The van der Waals surface area contributed by atoms with Crippen molar-refractivity contribution in [1.29, 1.82) is 0 Å². The van der Waals surface area contributed by atoms with E-state index in [0.717, 1.165) is 5.41 Å². The van der Waals surface area contributed by atoms with Crippen molar-refractivity contribution in [2.45, 2.75) is 5.75 Å². The molecule has 2 aromatic carbocycles. The molecule has 0 saturated heterocycles. The van der Waals surface area contributed by atoms with Crippen LogP contribution in [0.4, 0.5) is 5.69 Å². The van der Waals surface area contributed by atoms with Crippen molar-refractivity contribution >= 4 is 27.5 Å². The summed E-state index contributed by atoms with van der Waals surface area (Å²) in [5.41, 5.74) is 1.13. The number of amides is 1. The highest BCUT2D eigenvalue weighted by molar-refractivity contribution is 7.93. The maximum atomic E-state index is 12.7. The van der Waals surface area contributed by atoms with Gasteiger partial charge in [-0.2, -0.15) is 0 Å². The predicted octanol–water partition coefficient (Wildman–Crippen LogP) is 2.24. The Morgan fingerprint density at radius 3 is 2.10 bits per heavy atom. The Kier molecular flexibility index (Phi) is 8.29. The third kappa shape index (κ3) is 6.37. The van der Waals surface area contributed by atoms with Gasteiger partial charge in [0.25, 0.3) is 0 Å². The number of benzene rings is 2. The first-order valence-corrected chi connectivity index (χ1v) is 10.8. The first kappa shape index (κ1) is 24.0. The second kappa shape index (κ2) is 10.7. The third-order valence-corrected chi connectivity index (χ3v) is 5.53. The van der Waals surface area contributed by atoms with Gasteiger partial charge in [0.15, 0.2) is 9.84 Å². The number of hydrogen-bond acceptors (Lipinski definition) is 8. The number of nitrogens with one attached hydrogen (secondary N) is 1. The molecule has 2 rings (SSSR count). The molecule has 168 valence electrons. The highest BCUT2D eigenvalue weighted by Crippen LogP contribution is 2.35. The molecule has 0 aliphatic carbocycles. The van der Waals surface area contributed by atoms with Gasteiger partial charge in [0.1, 0.15) is 29.6 Å². The molecule has 0 spiro atoms. The van der Waals surface area contributed by atoms with Crippen LogP contribution in [0, 0.1) is 0 Å². The lowest BCUT2D eigenvalue weighted by atomic mass is 10.1. The number of rotatable bonds is 10. The van der Waals surface area contributed by atoms with Gasteiger partial charge in [0.05, 0.1) is 45.4 Å². The van der Waals surface area contributed by atoms with Crippen molar-refractivity contribution in [2.75, 3.05) is 40.4 Å². The summed E-state index contributed by atoms with van der Waals surface area (Å²) < 4.78 is 46.4. The lowest BCUT2D eigenvalue weighted by Crippen LogP contribution is -2.16. The van der Waals surface area contributed by atoms with Crippen molar-refractivity contribution in [1.82, 2.24) is 0 Å². The molecule has 0 aromatic heterocycles. The fourth-order valence-corrected chi connectivity index (χ4v) is 3.87. The molecule has 31 heavy (non-hydrogen) atoms. The molecule has 0 atom stereocenters. The minimum atomic E-state index is -3.69. The monoisotopic (exact) mass is 451 g/mol. The minimum Gasteiger partial charge on any atom is -0.496 e. The number of aliphatic hydroxyl groups is 1. The lowest BCUT2D eigenvalue weighted by molar-refractivity contribution is -0.118. The molecule has 9 nitrogen and oxygen atoms in total. The quantitative estimate of drug-likeness (QED) is 0.564. The molecule has 1 amide bonds. The second-order valence-corrected chi connectivity index (χ2v) is 8.18. The average Bonchev–Trinajstić information content (AvgIpc) is 2.76. The molecule has 0 bridgehead atoms. The number of carbonyl (C=O) groups excluding carboxylic acids is 1. The van der Waals surface area contributed by atoms with E-state index in [9.17, 15) is 13.2 Å². The number of hydrogen-bond donors (Lipinski definition) is 2. The van der Waals surface area contributed by atoms with Crippen molar-refractivity contribution in [3.8, 4) is 23.0 Å². The van der Waals surface area contributed by atoms with Crippen molar-refractivity contribution in [3.63, 3.8) is 0 Å². The van der Waals surface area contributed by atoms with Crippen LogP contribution >= 0.6 is 0 Å². The Morgan fingerprint density at radius 1 is 0.968 bits per heavy atom. The van der Waals surface area contributed by atoms with Gasteiger partial charge in [-0.05, 0) is 23.8 Å². The number of ether oxygens (including phenoxy) is 4. The topological polar surface area (TPSA) is 120 Å². The van der Waals surface area contributed by atoms with Gasteiger partial charge >= 0.3 is 0 Å². The van der Waals surface area contributed by atoms with E-state index in [1.54, 1.807) is 18.2 Å². The minimum absolute atomic E-state index is 0.261. The molecule has 0 radical (unpaired) electrons. The van der Waals surface area contributed by atoms with E-state index >= 15 is 0 Å². The first-order valence-electron chi connectivity index (χ1n) is 9.05. The lowest BCUT2D eigenvalue weighted by Gasteiger charge is -2.13. The molecule has 0 heterocycles. The van der Waals surface area contributed by atoms with Crippen molar-refractivity contribution < 1.29 is 37.3 Å². The molecule has 10 heteroatoms. The van der Waals surface area contributed by atoms with E-state index in [2.05, 4.69) is 5.32 Å². The molecular formula is C21H25NO8S. The van der Waals surface area contributed by atoms with Crippen LogP contribution in [0.1, 0.15) is 11.1 Å². The highest BCUT2D eigenvalue weighted by atomic mass is 32.2. The summed E-state index contributed by atoms with van der Waals surface area (Å²) in [4.78, 5) is 11.5. The highest BCUT2D eigenvalue weighted by Gasteiger charge is 2.15. The van der Waals surface area contributed by atoms with E-state index in [-0.39, 0.29) is 11.4 Å².